The molecule has 21 heavy (non-hydrogen) atoms. The van der Waals surface area contributed by atoms with Crippen molar-refractivity contribution in [3.8, 4) is 12.3 Å². The number of amides is 1. The highest BCUT2D eigenvalue weighted by Gasteiger charge is 2.15. The SMILES string of the molecule is C#CCCCCC(=O)Nc1cnccc1N1CCOCC1. The minimum absolute atomic E-state index is 0.00882. The second kappa shape index (κ2) is 8.28. The van der Waals surface area contributed by atoms with Crippen LogP contribution in [-0.2, 0) is 9.53 Å². The van der Waals surface area contributed by atoms with Crippen LogP contribution in [0, 0.1) is 12.3 Å². The van der Waals surface area contributed by atoms with Crippen molar-refractivity contribution in [1.29, 1.82) is 0 Å². The van der Waals surface area contributed by atoms with E-state index < -0.39 is 0 Å². The number of pyridine rings is 1. The van der Waals surface area contributed by atoms with Crippen molar-refractivity contribution in [3.05, 3.63) is 18.5 Å². The van der Waals surface area contributed by atoms with E-state index >= 15 is 0 Å². The zero-order chi connectivity index (χ0) is 14.9. The molecule has 1 N–H and O–H groups in total. The number of anilines is 2. The number of rotatable bonds is 6. The molecule has 0 atom stereocenters. The lowest BCUT2D eigenvalue weighted by molar-refractivity contribution is -0.116. The number of ether oxygens (including phenoxy) is 1. The fourth-order valence-electron chi connectivity index (χ4n) is 2.29. The van der Waals surface area contributed by atoms with E-state index in [0.29, 0.717) is 19.6 Å². The summed E-state index contributed by atoms with van der Waals surface area (Å²) < 4.78 is 5.36. The average molecular weight is 287 g/mol. The fraction of sp³-hybridized carbons (Fsp3) is 0.500. The van der Waals surface area contributed by atoms with Gasteiger partial charge in [-0.25, -0.2) is 0 Å². The van der Waals surface area contributed by atoms with E-state index in [4.69, 9.17) is 11.2 Å². The van der Waals surface area contributed by atoms with Gasteiger partial charge in [0.2, 0.25) is 5.91 Å². The van der Waals surface area contributed by atoms with Crippen LogP contribution in [0.25, 0.3) is 0 Å². The molecule has 0 spiro atoms. The van der Waals surface area contributed by atoms with Crippen LogP contribution in [0.5, 0.6) is 0 Å². The van der Waals surface area contributed by atoms with Crippen molar-refractivity contribution in [3.63, 3.8) is 0 Å². The molecule has 0 aliphatic carbocycles. The molecule has 1 amide bonds. The number of nitrogens with zero attached hydrogens (tertiary/aromatic N) is 2. The van der Waals surface area contributed by atoms with Gasteiger partial charge in [-0.3, -0.25) is 9.78 Å². The quantitative estimate of drug-likeness (QED) is 0.642. The summed E-state index contributed by atoms with van der Waals surface area (Å²) in [5.74, 6) is 2.59. The highest BCUT2D eigenvalue weighted by Crippen LogP contribution is 2.25. The van der Waals surface area contributed by atoms with Crippen LogP contribution >= 0.6 is 0 Å². The topological polar surface area (TPSA) is 54.5 Å². The molecule has 1 aromatic rings. The van der Waals surface area contributed by atoms with Crippen molar-refractivity contribution in [1.82, 2.24) is 4.98 Å². The minimum Gasteiger partial charge on any atom is -0.378 e. The van der Waals surface area contributed by atoms with Gasteiger partial charge in [-0.05, 0) is 18.9 Å². The molecule has 5 heteroatoms. The summed E-state index contributed by atoms with van der Waals surface area (Å²) in [7, 11) is 0. The molecule has 0 aromatic carbocycles. The number of hydrogen-bond acceptors (Lipinski definition) is 4. The summed E-state index contributed by atoms with van der Waals surface area (Å²) in [6.07, 6.45) is 11.5. The van der Waals surface area contributed by atoms with Crippen LogP contribution in [0.15, 0.2) is 18.5 Å². The first-order chi connectivity index (χ1) is 10.3. The summed E-state index contributed by atoms with van der Waals surface area (Å²) in [6.45, 7) is 3.08. The minimum atomic E-state index is 0.00882. The molecule has 2 heterocycles. The van der Waals surface area contributed by atoms with Crippen LogP contribution in [-0.4, -0.2) is 37.2 Å². The van der Waals surface area contributed by atoms with Crippen molar-refractivity contribution >= 4 is 17.3 Å². The molecule has 5 nitrogen and oxygen atoms in total. The van der Waals surface area contributed by atoms with Gasteiger partial charge in [0.1, 0.15) is 0 Å². The predicted octanol–water partition coefficient (Wildman–Crippen LogP) is 2.05. The number of carbonyl (C=O) groups is 1. The normalized spacial score (nSPS) is 14.5. The van der Waals surface area contributed by atoms with E-state index in [2.05, 4.69) is 21.1 Å². The average Bonchev–Trinajstić information content (AvgIpc) is 2.53. The predicted molar refractivity (Wildman–Crippen MR) is 83.2 cm³/mol. The maximum Gasteiger partial charge on any atom is 0.224 e. The molecule has 0 radical (unpaired) electrons. The van der Waals surface area contributed by atoms with Gasteiger partial charge in [0.15, 0.2) is 0 Å². The third kappa shape index (κ3) is 4.76. The molecule has 1 aliphatic heterocycles. The number of hydrogen-bond donors (Lipinski definition) is 1. The molecular weight excluding hydrogens is 266 g/mol. The van der Waals surface area contributed by atoms with E-state index in [9.17, 15) is 4.79 Å². The molecule has 0 bridgehead atoms. The Hall–Kier alpha value is -2.06. The van der Waals surface area contributed by atoms with Crippen LogP contribution in [0.3, 0.4) is 0 Å². The lowest BCUT2D eigenvalue weighted by atomic mass is 10.2. The van der Waals surface area contributed by atoms with Gasteiger partial charge in [0.05, 0.1) is 30.8 Å². The lowest BCUT2D eigenvalue weighted by Crippen LogP contribution is -2.36. The number of morpholine rings is 1. The number of aromatic nitrogens is 1. The molecule has 1 saturated heterocycles. The molecule has 112 valence electrons. The molecule has 1 aliphatic rings. The molecule has 2 rings (SSSR count). The lowest BCUT2D eigenvalue weighted by Gasteiger charge is -2.30. The first kappa shape index (κ1) is 15.3. The molecule has 1 aromatic heterocycles. The monoisotopic (exact) mass is 287 g/mol. The van der Waals surface area contributed by atoms with Gasteiger partial charge >= 0.3 is 0 Å². The zero-order valence-corrected chi connectivity index (χ0v) is 12.2. The highest BCUT2D eigenvalue weighted by molar-refractivity contribution is 5.94. The Balaban J connectivity index is 1.93. The molecule has 1 fully saturated rings. The van der Waals surface area contributed by atoms with E-state index in [1.807, 2.05) is 6.07 Å². The largest absolute Gasteiger partial charge is 0.378 e. The first-order valence-corrected chi connectivity index (χ1v) is 7.31. The van der Waals surface area contributed by atoms with Gasteiger partial charge in [-0.15, -0.1) is 12.3 Å². The summed E-state index contributed by atoms with van der Waals surface area (Å²) in [5, 5.41) is 2.95. The Labute approximate surface area is 125 Å². The van der Waals surface area contributed by atoms with E-state index in [0.717, 1.165) is 43.7 Å². The zero-order valence-electron chi connectivity index (χ0n) is 12.2. The number of carbonyl (C=O) groups excluding carboxylic acids is 1. The van der Waals surface area contributed by atoms with Crippen molar-refractivity contribution in [2.45, 2.75) is 25.7 Å². The number of unbranched alkanes of at least 4 members (excludes halogenated alkanes) is 2. The second-order valence-electron chi connectivity index (χ2n) is 4.95. The van der Waals surface area contributed by atoms with Crippen molar-refractivity contribution in [2.24, 2.45) is 0 Å². The fourth-order valence-corrected chi connectivity index (χ4v) is 2.29. The summed E-state index contributed by atoms with van der Waals surface area (Å²) >= 11 is 0. The van der Waals surface area contributed by atoms with Crippen LogP contribution in [0.4, 0.5) is 11.4 Å². The van der Waals surface area contributed by atoms with Gasteiger partial charge in [-0.1, -0.05) is 0 Å². The van der Waals surface area contributed by atoms with Crippen molar-refractivity contribution in [2.75, 3.05) is 36.5 Å². The van der Waals surface area contributed by atoms with Crippen LogP contribution < -0.4 is 10.2 Å². The maximum absolute atomic E-state index is 12.0. The Morgan fingerprint density at radius 3 is 3.00 bits per heavy atom. The molecule has 0 unspecified atom stereocenters. The standard InChI is InChI=1S/C16H21N3O2/c1-2-3-4-5-6-16(20)18-14-13-17-8-7-15(14)19-9-11-21-12-10-19/h1,7-8,13H,3-6,9-12H2,(H,18,20). The third-order valence-electron chi connectivity index (χ3n) is 3.40. The third-order valence-corrected chi connectivity index (χ3v) is 3.40. The Kier molecular flexibility index (Phi) is 6.04. The summed E-state index contributed by atoms with van der Waals surface area (Å²) in [5.41, 5.74) is 1.77. The molecule has 0 saturated carbocycles. The smallest absolute Gasteiger partial charge is 0.224 e. The Morgan fingerprint density at radius 1 is 1.43 bits per heavy atom. The van der Waals surface area contributed by atoms with Gasteiger partial charge in [0.25, 0.3) is 0 Å². The molecular formula is C16H21N3O2. The number of terminal acetylenes is 1. The summed E-state index contributed by atoms with van der Waals surface area (Å²) in [4.78, 5) is 18.3. The van der Waals surface area contributed by atoms with E-state index in [-0.39, 0.29) is 5.91 Å². The number of nitrogens with one attached hydrogen (secondary N) is 1. The van der Waals surface area contributed by atoms with E-state index in [1.165, 1.54) is 0 Å². The second-order valence-corrected chi connectivity index (χ2v) is 4.95. The van der Waals surface area contributed by atoms with Crippen molar-refractivity contribution < 1.29 is 9.53 Å². The van der Waals surface area contributed by atoms with Gasteiger partial charge < -0.3 is 15.0 Å². The summed E-state index contributed by atoms with van der Waals surface area (Å²) in [6, 6.07) is 1.93. The van der Waals surface area contributed by atoms with E-state index in [1.54, 1.807) is 12.4 Å². The maximum atomic E-state index is 12.0. The first-order valence-electron chi connectivity index (χ1n) is 7.31. The Morgan fingerprint density at radius 2 is 2.24 bits per heavy atom. The van der Waals surface area contributed by atoms with Crippen LogP contribution in [0.1, 0.15) is 25.7 Å². The Bertz CT molecular complexity index is 504. The van der Waals surface area contributed by atoms with Gasteiger partial charge in [-0.2, -0.15) is 0 Å². The highest BCUT2D eigenvalue weighted by atomic mass is 16.5. The van der Waals surface area contributed by atoms with Gasteiger partial charge in [0, 0.05) is 32.1 Å². The van der Waals surface area contributed by atoms with Crippen LogP contribution in [0.2, 0.25) is 0 Å².